The Balaban J connectivity index is 2.25. The molecular weight excluding hydrogens is 264 g/mol. The van der Waals surface area contributed by atoms with Crippen LogP contribution in [0.3, 0.4) is 0 Å². The van der Waals surface area contributed by atoms with E-state index in [2.05, 4.69) is 22.4 Å². The maximum absolute atomic E-state index is 5.33. The van der Waals surface area contributed by atoms with Crippen LogP contribution in [0.4, 0.5) is 0 Å². The largest absolute Gasteiger partial charge is 0.497 e. The van der Waals surface area contributed by atoms with Crippen molar-refractivity contribution in [3.8, 4) is 11.5 Å². The number of aromatic nitrogens is 1. The maximum atomic E-state index is 5.33. The molecule has 0 radical (unpaired) electrons. The summed E-state index contributed by atoms with van der Waals surface area (Å²) in [6.45, 7) is 2.04. The molecule has 1 aromatic heterocycles. The monoisotopic (exact) mass is 286 g/mol. The minimum Gasteiger partial charge on any atom is -0.497 e. The molecule has 1 atom stereocenters. The number of ether oxygens (including phenoxy) is 2. The van der Waals surface area contributed by atoms with E-state index in [4.69, 9.17) is 9.47 Å². The molecular formula is C17H22N2O2. The smallest absolute Gasteiger partial charge is 0.122 e. The predicted molar refractivity (Wildman–Crippen MR) is 84.0 cm³/mol. The second kappa shape index (κ2) is 7.09. The van der Waals surface area contributed by atoms with Crippen molar-refractivity contribution in [1.82, 2.24) is 10.3 Å². The van der Waals surface area contributed by atoms with Gasteiger partial charge in [-0.15, -0.1) is 0 Å². The third-order valence-corrected chi connectivity index (χ3v) is 3.51. The number of rotatable bonds is 6. The van der Waals surface area contributed by atoms with E-state index >= 15 is 0 Å². The normalized spacial score (nSPS) is 12.0. The van der Waals surface area contributed by atoms with Gasteiger partial charge >= 0.3 is 0 Å². The number of nitrogens with one attached hydrogen (secondary N) is 1. The third kappa shape index (κ3) is 3.95. The van der Waals surface area contributed by atoms with E-state index in [1.165, 1.54) is 5.56 Å². The van der Waals surface area contributed by atoms with Crippen LogP contribution in [0.5, 0.6) is 11.5 Å². The fraction of sp³-hybridized carbons (Fsp3) is 0.353. The Bertz CT molecular complexity index is 560. The molecule has 0 saturated carbocycles. The molecule has 0 aliphatic heterocycles. The number of pyridine rings is 1. The SMILES string of the molecule is CNC(Cc1ccc(C)cn1)c1cc(OC)cc(OC)c1. The van der Waals surface area contributed by atoms with E-state index in [1.54, 1.807) is 14.2 Å². The zero-order valence-corrected chi connectivity index (χ0v) is 13.0. The van der Waals surface area contributed by atoms with Crippen LogP contribution < -0.4 is 14.8 Å². The first-order chi connectivity index (χ1) is 10.2. The molecule has 0 amide bonds. The summed E-state index contributed by atoms with van der Waals surface area (Å²) in [6, 6.07) is 10.2. The summed E-state index contributed by atoms with van der Waals surface area (Å²) in [5, 5.41) is 3.33. The minimum atomic E-state index is 0.157. The summed E-state index contributed by atoms with van der Waals surface area (Å²) in [5.41, 5.74) is 3.35. The topological polar surface area (TPSA) is 43.4 Å². The zero-order chi connectivity index (χ0) is 15.2. The van der Waals surface area contributed by atoms with Crippen LogP contribution in [0.2, 0.25) is 0 Å². The van der Waals surface area contributed by atoms with Gasteiger partial charge in [-0.3, -0.25) is 4.98 Å². The Morgan fingerprint density at radius 3 is 2.24 bits per heavy atom. The lowest BCUT2D eigenvalue weighted by molar-refractivity contribution is 0.391. The number of nitrogens with zero attached hydrogens (tertiary/aromatic N) is 1. The highest BCUT2D eigenvalue weighted by molar-refractivity contribution is 5.40. The lowest BCUT2D eigenvalue weighted by Crippen LogP contribution is -2.19. The highest BCUT2D eigenvalue weighted by atomic mass is 16.5. The van der Waals surface area contributed by atoms with Gasteiger partial charge in [0.1, 0.15) is 11.5 Å². The number of hydrogen-bond acceptors (Lipinski definition) is 4. The zero-order valence-electron chi connectivity index (χ0n) is 13.0. The molecule has 2 aromatic rings. The van der Waals surface area contributed by atoms with Crippen molar-refractivity contribution in [1.29, 1.82) is 0 Å². The Labute approximate surface area is 126 Å². The first-order valence-electron chi connectivity index (χ1n) is 6.98. The Morgan fingerprint density at radius 1 is 1.10 bits per heavy atom. The van der Waals surface area contributed by atoms with Gasteiger partial charge in [0.05, 0.1) is 14.2 Å². The van der Waals surface area contributed by atoms with Crippen LogP contribution in [0.1, 0.15) is 22.9 Å². The average Bonchev–Trinajstić information content (AvgIpc) is 2.53. The highest BCUT2D eigenvalue weighted by Gasteiger charge is 2.13. The second-order valence-electron chi connectivity index (χ2n) is 5.02. The number of hydrogen-bond donors (Lipinski definition) is 1. The van der Waals surface area contributed by atoms with Gasteiger partial charge in [0.2, 0.25) is 0 Å². The first-order valence-corrected chi connectivity index (χ1v) is 6.98. The van der Waals surface area contributed by atoms with E-state index < -0.39 is 0 Å². The molecule has 0 saturated heterocycles. The number of methoxy groups -OCH3 is 2. The first kappa shape index (κ1) is 15.3. The molecule has 0 aliphatic carbocycles. The summed E-state index contributed by atoms with van der Waals surface area (Å²) in [6.07, 6.45) is 2.71. The summed E-state index contributed by atoms with van der Waals surface area (Å²) in [4.78, 5) is 4.47. The van der Waals surface area contributed by atoms with E-state index in [1.807, 2.05) is 38.4 Å². The standard InChI is InChI=1S/C17H22N2O2/c1-12-5-6-14(19-11-12)9-17(18-2)13-7-15(20-3)10-16(8-13)21-4/h5-8,10-11,17-18H,9H2,1-4H3. The number of aryl methyl sites for hydroxylation is 1. The molecule has 4 nitrogen and oxygen atoms in total. The van der Waals surface area contributed by atoms with Crippen LogP contribution in [-0.2, 0) is 6.42 Å². The van der Waals surface area contributed by atoms with Gasteiger partial charge in [0, 0.05) is 30.4 Å². The Hall–Kier alpha value is -2.07. The van der Waals surface area contributed by atoms with Gasteiger partial charge in [-0.05, 0) is 43.3 Å². The molecule has 0 bridgehead atoms. The molecule has 1 unspecified atom stereocenters. The lowest BCUT2D eigenvalue weighted by Gasteiger charge is -2.18. The maximum Gasteiger partial charge on any atom is 0.122 e. The molecule has 0 spiro atoms. The van der Waals surface area contributed by atoms with E-state index in [0.29, 0.717) is 0 Å². The molecule has 0 fully saturated rings. The predicted octanol–water partition coefficient (Wildman–Crippen LogP) is 2.91. The Morgan fingerprint density at radius 2 is 1.76 bits per heavy atom. The summed E-state index contributed by atoms with van der Waals surface area (Å²) in [7, 11) is 5.27. The van der Waals surface area contributed by atoms with Crippen LogP contribution in [-0.4, -0.2) is 26.3 Å². The molecule has 1 N–H and O–H groups in total. The van der Waals surface area contributed by atoms with Gasteiger partial charge < -0.3 is 14.8 Å². The lowest BCUT2D eigenvalue weighted by atomic mass is 10.0. The van der Waals surface area contributed by atoms with Crippen molar-refractivity contribution in [2.45, 2.75) is 19.4 Å². The van der Waals surface area contributed by atoms with Gasteiger partial charge in [-0.2, -0.15) is 0 Å². The molecule has 1 heterocycles. The van der Waals surface area contributed by atoms with Gasteiger partial charge in [0.15, 0.2) is 0 Å². The van der Waals surface area contributed by atoms with Gasteiger partial charge in [0.25, 0.3) is 0 Å². The van der Waals surface area contributed by atoms with E-state index in [-0.39, 0.29) is 6.04 Å². The van der Waals surface area contributed by atoms with Crippen LogP contribution >= 0.6 is 0 Å². The van der Waals surface area contributed by atoms with Crippen molar-refractivity contribution in [2.75, 3.05) is 21.3 Å². The molecule has 21 heavy (non-hydrogen) atoms. The van der Waals surface area contributed by atoms with Gasteiger partial charge in [-0.25, -0.2) is 0 Å². The van der Waals surface area contributed by atoms with Crippen molar-refractivity contribution < 1.29 is 9.47 Å². The third-order valence-electron chi connectivity index (χ3n) is 3.51. The number of likely N-dealkylation sites (N-methyl/N-ethyl adjacent to an activating group) is 1. The molecule has 112 valence electrons. The molecule has 2 rings (SSSR count). The van der Waals surface area contributed by atoms with Crippen molar-refractivity contribution in [3.63, 3.8) is 0 Å². The fourth-order valence-electron chi connectivity index (χ4n) is 2.25. The van der Waals surface area contributed by atoms with Crippen molar-refractivity contribution >= 4 is 0 Å². The molecule has 1 aromatic carbocycles. The minimum absolute atomic E-state index is 0.157. The van der Waals surface area contributed by atoms with Crippen molar-refractivity contribution in [3.05, 3.63) is 53.3 Å². The molecule has 0 aliphatic rings. The second-order valence-corrected chi connectivity index (χ2v) is 5.02. The van der Waals surface area contributed by atoms with E-state index in [9.17, 15) is 0 Å². The Kier molecular flexibility index (Phi) is 5.17. The quantitative estimate of drug-likeness (QED) is 0.886. The van der Waals surface area contributed by atoms with Crippen LogP contribution in [0, 0.1) is 6.92 Å². The summed E-state index contributed by atoms with van der Waals surface area (Å²) >= 11 is 0. The summed E-state index contributed by atoms with van der Waals surface area (Å²) in [5.74, 6) is 1.59. The summed E-state index contributed by atoms with van der Waals surface area (Å²) < 4.78 is 10.7. The van der Waals surface area contributed by atoms with Crippen LogP contribution in [0.25, 0.3) is 0 Å². The van der Waals surface area contributed by atoms with Gasteiger partial charge in [-0.1, -0.05) is 6.07 Å². The van der Waals surface area contributed by atoms with Crippen molar-refractivity contribution in [2.24, 2.45) is 0 Å². The highest BCUT2D eigenvalue weighted by Crippen LogP contribution is 2.27. The fourth-order valence-corrected chi connectivity index (χ4v) is 2.25. The average molecular weight is 286 g/mol. The number of benzene rings is 1. The van der Waals surface area contributed by atoms with Crippen LogP contribution in [0.15, 0.2) is 36.5 Å². The van der Waals surface area contributed by atoms with E-state index in [0.717, 1.165) is 29.2 Å². The molecule has 4 heteroatoms.